The van der Waals surface area contributed by atoms with E-state index >= 15 is 0 Å². The molecule has 0 amide bonds. The minimum Gasteiger partial charge on any atom is -0.353 e. The maximum atomic E-state index is 13.2. The van der Waals surface area contributed by atoms with E-state index in [2.05, 4.69) is 6.07 Å². The lowest BCUT2D eigenvalue weighted by molar-refractivity contribution is -0.386. The summed E-state index contributed by atoms with van der Waals surface area (Å²) < 4.78 is 24.3. The standard InChI is InChI=1S/C20H19FN2O4/c21-17-7-4-14(5-8-17)18(12-22)15-6-9-19(23(24)25)16(11-15)13-27-20-3-1-2-10-26-20/h4-9,11,18,20H,1-3,10,13H2. The van der Waals surface area contributed by atoms with Crippen LogP contribution >= 0.6 is 0 Å². The van der Waals surface area contributed by atoms with Crippen molar-refractivity contribution in [2.24, 2.45) is 0 Å². The summed E-state index contributed by atoms with van der Waals surface area (Å²) in [6.45, 7) is 0.643. The van der Waals surface area contributed by atoms with E-state index in [0.717, 1.165) is 19.3 Å². The second-order valence-electron chi connectivity index (χ2n) is 6.37. The first-order chi connectivity index (χ1) is 13.1. The molecule has 2 aromatic carbocycles. The van der Waals surface area contributed by atoms with Gasteiger partial charge in [-0.05, 0) is 48.6 Å². The van der Waals surface area contributed by atoms with Crippen LogP contribution in [0.2, 0.25) is 0 Å². The zero-order chi connectivity index (χ0) is 19.2. The molecule has 1 heterocycles. The summed E-state index contributed by atoms with van der Waals surface area (Å²) in [5.74, 6) is -1.04. The van der Waals surface area contributed by atoms with Crippen molar-refractivity contribution in [1.29, 1.82) is 5.26 Å². The Hall–Kier alpha value is -2.82. The molecular formula is C20H19FN2O4. The fraction of sp³-hybridized carbons (Fsp3) is 0.350. The molecule has 0 radical (unpaired) electrons. The highest BCUT2D eigenvalue weighted by Crippen LogP contribution is 2.30. The summed E-state index contributed by atoms with van der Waals surface area (Å²) in [6, 6.07) is 12.4. The van der Waals surface area contributed by atoms with Gasteiger partial charge in [0.05, 0.1) is 29.1 Å². The van der Waals surface area contributed by atoms with E-state index < -0.39 is 10.8 Å². The number of nitriles is 1. The van der Waals surface area contributed by atoms with Crippen LogP contribution in [0.25, 0.3) is 0 Å². The van der Waals surface area contributed by atoms with E-state index in [9.17, 15) is 19.8 Å². The third-order valence-electron chi connectivity index (χ3n) is 4.53. The number of nitro groups is 1. The highest BCUT2D eigenvalue weighted by atomic mass is 19.1. The van der Waals surface area contributed by atoms with Crippen molar-refractivity contribution in [3.05, 3.63) is 75.1 Å². The van der Waals surface area contributed by atoms with Crippen molar-refractivity contribution in [2.75, 3.05) is 6.61 Å². The summed E-state index contributed by atoms with van der Waals surface area (Å²) in [4.78, 5) is 10.9. The Morgan fingerprint density at radius 1 is 1.26 bits per heavy atom. The molecule has 0 spiro atoms. The van der Waals surface area contributed by atoms with Crippen LogP contribution in [0.5, 0.6) is 0 Å². The van der Waals surface area contributed by atoms with E-state index in [0.29, 0.717) is 23.3 Å². The Kier molecular flexibility index (Phi) is 6.12. The van der Waals surface area contributed by atoms with E-state index in [4.69, 9.17) is 9.47 Å². The van der Waals surface area contributed by atoms with Crippen molar-refractivity contribution < 1.29 is 18.8 Å². The van der Waals surface area contributed by atoms with Gasteiger partial charge in [0, 0.05) is 12.7 Å². The second-order valence-corrected chi connectivity index (χ2v) is 6.37. The first kappa shape index (κ1) is 19.0. The maximum absolute atomic E-state index is 13.2. The van der Waals surface area contributed by atoms with Gasteiger partial charge < -0.3 is 9.47 Å². The maximum Gasteiger partial charge on any atom is 0.274 e. The van der Waals surface area contributed by atoms with Crippen LogP contribution in [0.3, 0.4) is 0 Å². The number of rotatable bonds is 6. The highest BCUT2D eigenvalue weighted by Gasteiger charge is 2.21. The molecule has 2 unspecified atom stereocenters. The largest absolute Gasteiger partial charge is 0.353 e. The average molecular weight is 370 g/mol. The highest BCUT2D eigenvalue weighted by molar-refractivity contribution is 5.47. The monoisotopic (exact) mass is 370 g/mol. The normalized spacial score (nSPS) is 17.9. The van der Waals surface area contributed by atoms with Crippen LogP contribution in [0.15, 0.2) is 42.5 Å². The minimum atomic E-state index is -0.656. The molecule has 2 aromatic rings. The van der Waals surface area contributed by atoms with Crippen molar-refractivity contribution in [2.45, 2.75) is 38.1 Å². The molecule has 140 valence electrons. The topological polar surface area (TPSA) is 85.4 Å². The summed E-state index contributed by atoms with van der Waals surface area (Å²) in [5.41, 5.74) is 1.53. The van der Waals surface area contributed by atoms with Gasteiger partial charge in [-0.1, -0.05) is 18.2 Å². The first-order valence-electron chi connectivity index (χ1n) is 8.74. The molecule has 1 fully saturated rings. The third kappa shape index (κ3) is 4.67. The Morgan fingerprint density at radius 3 is 2.63 bits per heavy atom. The Morgan fingerprint density at radius 2 is 2.00 bits per heavy atom. The average Bonchev–Trinajstić information content (AvgIpc) is 2.69. The smallest absolute Gasteiger partial charge is 0.274 e. The lowest BCUT2D eigenvalue weighted by atomic mass is 9.91. The molecule has 2 atom stereocenters. The Labute approximate surface area is 156 Å². The second kappa shape index (κ2) is 8.71. The Bertz CT molecular complexity index is 842. The molecule has 27 heavy (non-hydrogen) atoms. The molecule has 7 heteroatoms. The lowest BCUT2D eigenvalue weighted by Gasteiger charge is -2.22. The van der Waals surface area contributed by atoms with Gasteiger partial charge in [0.25, 0.3) is 5.69 Å². The van der Waals surface area contributed by atoms with Crippen LogP contribution in [0.4, 0.5) is 10.1 Å². The number of ether oxygens (including phenoxy) is 2. The molecule has 0 aromatic heterocycles. The molecule has 0 N–H and O–H groups in total. The van der Waals surface area contributed by atoms with Crippen molar-refractivity contribution in [3.63, 3.8) is 0 Å². The molecule has 1 aliphatic heterocycles. The summed E-state index contributed by atoms with van der Waals surface area (Å²) in [5, 5.41) is 20.9. The molecule has 6 nitrogen and oxygen atoms in total. The minimum absolute atomic E-state index is 0.0242. The van der Waals surface area contributed by atoms with Crippen LogP contribution in [0, 0.1) is 27.3 Å². The number of benzene rings is 2. The van der Waals surface area contributed by atoms with Gasteiger partial charge in [-0.15, -0.1) is 0 Å². The fourth-order valence-electron chi connectivity index (χ4n) is 3.10. The Balaban J connectivity index is 1.86. The zero-order valence-electron chi connectivity index (χ0n) is 14.6. The van der Waals surface area contributed by atoms with E-state index in [1.807, 2.05) is 0 Å². The van der Waals surface area contributed by atoms with Gasteiger partial charge in [0.15, 0.2) is 6.29 Å². The number of hydrogen-bond donors (Lipinski definition) is 0. The van der Waals surface area contributed by atoms with Gasteiger partial charge in [-0.2, -0.15) is 5.26 Å². The first-order valence-corrected chi connectivity index (χ1v) is 8.74. The fourth-order valence-corrected chi connectivity index (χ4v) is 3.10. The molecule has 3 rings (SSSR count). The van der Waals surface area contributed by atoms with Gasteiger partial charge in [-0.25, -0.2) is 4.39 Å². The molecule has 0 saturated carbocycles. The predicted molar refractivity (Wildman–Crippen MR) is 95.3 cm³/mol. The van der Waals surface area contributed by atoms with Crippen molar-refractivity contribution in [1.82, 2.24) is 0 Å². The van der Waals surface area contributed by atoms with Crippen LogP contribution in [-0.4, -0.2) is 17.8 Å². The molecule has 0 aliphatic carbocycles. The lowest BCUT2D eigenvalue weighted by Crippen LogP contribution is -2.22. The quantitative estimate of drug-likeness (QED) is 0.554. The third-order valence-corrected chi connectivity index (χ3v) is 4.53. The molecule has 0 bridgehead atoms. The van der Waals surface area contributed by atoms with Gasteiger partial charge in [0.1, 0.15) is 5.82 Å². The molecule has 1 aliphatic rings. The van der Waals surface area contributed by atoms with E-state index in [1.54, 1.807) is 12.1 Å². The number of nitro benzene ring substituents is 1. The van der Waals surface area contributed by atoms with Crippen molar-refractivity contribution >= 4 is 5.69 Å². The number of halogens is 1. The summed E-state index contributed by atoms with van der Waals surface area (Å²) in [6.07, 6.45) is 2.36. The van der Waals surface area contributed by atoms with Gasteiger partial charge in [-0.3, -0.25) is 10.1 Å². The SMILES string of the molecule is N#CC(c1ccc(F)cc1)c1ccc([N+](=O)[O-])c(COC2CCCCO2)c1. The molecular weight excluding hydrogens is 351 g/mol. The van der Waals surface area contributed by atoms with Crippen LogP contribution < -0.4 is 0 Å². The van der Waals surface area contributed by atoms with Crippen LogP contribution in [-0.2, 0) is 16.1 Å². The zero-order valence-corrected chi connectivity index (χ0v) is 14.6. The van der Waals surface area contributed by atoms with Gasteiger partial charge in [0.2, 0.25) is 0 Å². The predicted octanol–water partition coefficient (Wildman–Crippen LogP) is 4.43. The van der Waals surface area contributed by atoms with Crippen molar-refractivity contribution in [3.8, 4) is 6.07 Å². The number of hydrogen-bond acceptors (Lipinski definition) is 5. The van der Waals surface area contributed by atoms with Crippen LogP contribution in [0.1, 0.15) is 41.9 Å². The summed E-state index contributed by atoms with van der Waals surface area (Å²) in [7, 11) is 0. The van der Waals surface area contributed by atoms with E-state index in [-0.39, 0.29) is 24.4 Å². The number of nitrogens with zero attached hydrogens (tertiary/aromatic N) is 2. The van der Waals surface area contributed by atoms with Gasteiger partial charge >= 0.3 is 0 Å². The summed E-state index contributed by atoms with van der Waals surface area (Å²) >= 11 is 0. The molecule has 1 saturated heterocycles. The van der Waals surface area contributed by atoms with E-state index in [1.165, 1.54) is 30.3 Å².